The Morgan fingerprint density at radius 3 is 2.62 bits per heavy atom. The van der Waals surface area contributed by atoms with Gasteiger partial charge < -0.3 is 16.0 Å². The number of sulfonamides is 1. The lowest BCUT2D eigenvalue weighted by Gasteiger charge is -2.33. The summed E-state index contributed by atoms with van der Waals surface area (Å²) in [6.07, 6.45) is 1.37. The van der Waals surface area contributed by atoms with Gasteiger partial charge in [0.05, 0.1) is 17.2 Å². The van der Waals surface area contributed by atoms with Crippen LogP contribution < -0.4 is 11.1 Å². The number of benzene rings is 2. The van der Waals surface area contributed by atoms with E-state index < -0.39 is 15.9 Å². The summed E-state index contributed by atoms with van der Waals surface area (Å²) in [5.74, 6) is -0.843. The molecule has 1 saturated heterocycles. The Morgan fingerprint density at radius 2 is 1.83 bits per heavy atom. The molecule has 0 bridgehead atoms. The van der Waals surface area contributed by atoms with Crippen molar-refractivity contribution < 1.29 is 18.0 Å². The predicted octanol–water partition coefficient (Wildman–Crippen LogP) is 1.59. The number of nitrogens with two attached hydrogens (primary N) is 1. The first-order valence-corrected chi connectivity index (χ1v) is 10.7. The molecule has 1 fully saturated rings. The van der Waals surface area contributed by atoms with E-state index in [0.29, 0.717) is 36.6 Å². The normalized spacial score (nSPS) is 19.9. The zero-order chi connectivity index (χ0) is 20.6. The Labute approximate surface area is 168 Å². The molecule has 0 aliphatic carbocycles. The SMILES string of the molecule is NC(=O)c1ccccc1NC(=O)C1CCCN(C2=NS(=O)(=O)c3ccccc32)C1. The number of hydrogen-bond acceptors (Lipinski definition) is 5. The van der Waals surface area contributed by atoms with Crippen LogP contribution in [-0.2, 0) is 14.8 Å². The number of carbonyl (C=O) groups excluding carboxylic acids is 2. The average molecular weight is 412 g/mol. The lowest BCUT2D eigenvalue weighted by Crippen LogP contribution is -2.43. The molecule has 2 aromatic rings. The zero-order valence-corrected chi connectivity index (χ0v) is 16.4. The van der Waals surface area contributed by atoms with Crippen LogP contribution in [0.2, 0.25) is 0 Å². The van der Waals surface area contributed by atoms with E-state index in [1.54, 1.807) is 42.5 Å². The van der Waals surface area contributed by atoms with Crippen molar-refractivity contribution in [3.05, 3.63) is 59.7 Å². The van der Waals surface area contributed by atoms with Crippen molar-refractivity contribution >= 4 is 33.4 Å². The Balaban J connectivity index is 1.54. The molecule has 29 heavy (non-hydrogen) atoms. The standard InChI is InChI=1S/C20H20N4O4S/c21-18(25)14-7-1-3-9-16(14)22-20(26)13-6-5-11-24(12-13)19-15-8-2-4-10-17(15)29(27,28)23-19/h1-4,7-10,13H,5-6,11-12H2,(H2,21,25)(H,22,26). The number of primary amides is 1. The summed E-state index contributed by atoms with van der Waals surface area (Å²) in [6.45, 7) is 0.956. The number of para-hydroxylation sites is 1. The number of fused-ring (bicyclic) bond motifs is 1. The fraction of sp³-hybridized carbons (Fsp3) is 0.250. The maximum Gasteiger partial charge on any atom is 0.285 e. The van der Waals surface area contributed by atoms with Gasteiger partial charge in [-0.25, -0.2) is 0 Å². The van der Waals surface area contributed by atoms with E-state index in [9.17, 15) is 18.0 Å². The summed E-state index contributed by atoms with van der Waals surface area (Å²) in [7, 11) is -3.71. The first-order valence-electron chi connectivity index (χ1n) is 9.26. The molecule has 4 rings (SSSR count). The highest BCUT2D eigenvalue weighted by molar-refractivity contribution is 7.90. The van der Waals surface area contributed by atoms with Crippen LogP contribution in [0.5, 0.6) is 0 Å². The Kier molecular flexibility index (Phi) is 4.83. The van der Waals surface area contributed by atoms with Crippen LogP contribution >= 0.6 is 0 Å². The molecular weight excluding hydrogens is 392 g/mol. The lowest BCUT2D eigenvalue weighted by molar-refractivity contribution is -0.121. The second-order valence-corrected chi connectivity index (χ2v) is 8.64. The van der Waals surface area contributed by atoms with Crippen LogP contribution in [0.15, 0.2) is 57.8 Å². The van der Waals surface area contributed by atoms with Crippen molar-refractivity contribution in [2.24, 2.45) is 16.0 Å². The fourth-order valence-corrected chi connectivity index (χ4v) is 4.97. The van der Waals surface area contributed by atoms with E-state index in [1.807, 2.05) is 4.90 Å². The van der Waals surface area contributed by atoms with Gasteiger partial charge in [0.1, 0.15) is 4.90 Å². The summed E-state index contributed by atoms with van der Waals surface area (Å²) >= 11 is 0. The molecule has 2 aliphatic heterocycles. The third-order valence-corrected chi connectivity index (χ3v) is 6.48. The summed E-state index contributed by atoms with van der Waals surface area (Å²) in [4.78, 5) is 26.4. The minimum atomic E-state index is -3.71. The van der Waals surface area contributed by atoms with E-state index in [0.717, 1.165) is 6.42 Å². The van der Waals surface area contributed by atoms with E-state index in [4.69, 9.17) is 5.73 Å². The monoisotopic (exact) mass is 412 g/mol. The number of anilines is 1. The van der Waals surface area contributed by atoms with Crippen molar-refractivity contribution in [3.63, 3.8) is 0 Å². The number of amides is 2. The van der Waals surface area contributed by atoms with Gasteiger partial charge >= 0.3 is 0 Å². The number of carbonyl (C=O) groups is 2. The number of nitrogens with zero attached hydrogens (tertiary/aromatic N) is 2. The molecule has 0 aromatic heterocycles. The Bertz CT molecular complexity index is 1130. The molecule has 0 radical (unpaired) electrons. The zero-order valence-electron chi connectivity index (χ0n) is 15.5. The third kappa shape index (κ3) is 3.61. The highest BCUT2D eigenvalue weighted by Gasteiger charge is 2.35. The molecule has 0 saturated carbocycles. The Hall–Kier alpha value is -3.20. The van der Waals surface area contributed by atoms with Gasteiger partial charge in [0, 0.05) is 18.7 Å². The van der Waals surface area contributed by atoms with Crippen molar-refractivity contribution in [1.82, 2.24) is 4.90 Å². The van der Waals surface area contributed by atoms with Crippen LogP contribution in [0.25, 0.3) is 0 Å². The highest BCUT2D eigenvalue weighted by atomic mass is 32.2. The molecule has 2 amide bonds. The van der Waals surface area contributed by atoms with E-state index >= 15 is 0 Å². The van der Waals surface area contributed by atoms with Crippen LogP contribution in [0.4, 0.5) is 5.69 Å². The first kappa shape index (κ1) is 19.1. The summed E-state index contributed by atoms with van der Waals surface area (Å²) in [5, 5.41) is 2.78. The molecule has 2 heterocycles. The van der Waals surface area contributed by atoms with Crippen LogP contribution in [-0.4, -0.2) is 44.1 Å². The summed E-state index contributed by atoms with van der Waals surface area (Å²) in [5.41, 5.74) is 6.55. The van der Waals surface area contributed by atoms with Gasteiger partial charge in [-0.2, -0.15) is 8.42 Å². The topological polar surface area (TPSA) is 122 Å². The number of rotatable bonds is 3. The van der Waals surface area contributed by atoms with E-state index in [2.05, 4.69) is 9.71 Å². The summed E-state index contributed by atoms with van der Waals surface area (Å²) < 4.78 is 28.6. The number of hydrogen-bond donors (Lipinski definition) is 2. The maximum absolute atomic E-state index is 12.8. The van der Waals surface area contributed by atoms with E-state index in [1.165, 1.54) is 6.07 Å². The maximum atomic E-state index is 12.8. The third-order valence-electron chi connectivity index (χ3n) is 5.15. The highest BCUT2D eigenvalue weighted by Crippen LogP contribution is 2.30. The average Bonchev–Trinajstić information content (AvgIpc) is 3.00. The smallest absolute Gasteiger partial charge is 0.285 e. The van der Waals surface area contributed by atoms with Crippen molar-refractivity contribution in [1.29, 1.82) is 0 Å². The molecular formula is C20H20N4O4S. The van der Waals surface area contributed by atoms with Gasteiger partial charge in [0.15, 0.2) is 5.84 Å². The van der Waals surface area contributed by atoms with Crippen molar-refractivity contribution in [2.45, 2.75) is 17.7 Å². The van der Waals surface area contributed by atoms with Crippen LogP contribution in [0, 0.1) is 5.92 Å². The molecule has 0 spiro atoms. The predicted molar refractivity (Wildman–Crippen MR) is 108 cm³/mol. The number of piperidine rings is 1. The number of amidine groups is 1. The number of likely N-dealkylation sites (tertiary alicyclic amines) is 1. The molecule has 2 aliphatic rings. The van der Waals surface area contributed by atoms with Gasteiger partial charge in [-0.15, -0.1) is 4.40 Å². The van der Waals surface area contributed by atoms with E-state index in [-0.39, 0.29) is 22.3 Å². The van der Waals surface area contributed by atoms with Crippen LogP contribution in [0.3, 0.4) is 0 Å². The van der Waals surface area contributed by atoms with Gasteiger partial charge in [-0.05, 0) is 37.1 Å². The second kappa shape index (κ2) is 7.32. The van der Waals surface area contributed by atoms with Gasteiger partial charge in [-0.3, -0.25) is 9.59 Å². The summed E-state index contributed by atoms with van der Waals surface area (Å²) in [6, 6.07) is 13.3. The van der Waals surface area contributed by atoms with Gasteiger partial charge in [0.2, 0.25) is 5.91 Å². The molecule has 9 heteroatoms. The first-order chi connectivity index (χ1) is 13.9. The van der Waals surface area contributed by atoms with Crippen LogP contribution in [0.1, 0.15) is 28.8 Å². The molecule has 1 atom stereocenters. The molecule has 3 N–H and O–H groups in total. The molecule has 150 valence electrons. The minimum Gasteiger partial charge on any atom is -0.366 e. The van der Waals surface area contributed by atoms with Gasteiger partial charge in [-0.1, -0.05) is 24.3 Å². The van der Waals surface area contributed by atoms with Crippen molar-refractivity contribution in [3.8, 4) is 0 Å². The molecule has 8 nitrogen and oxygen atoms in total. The largest absolute Gasteiger partial charge is 0.366 e. The Morgan fingerprint density at radius 1 is 1.10 bits per heavy atom. The van der Waals surface area contributed by atoms with Crippen molar-refractivity contribution in [2.75, 3.05) is 18.4 Å². The molecule has 2 aromatic carbocycles. The van der Waals surface area contributed by atoms with Gasteiger partial charge in [0.25, 0.3) is 15.9 Å². The second-order valence-electron chi connectivity index (χ2n) is 7.07. The number of nitrogens with one attached hydrogen (secondary N) is 1. The minimum absolute atomic E-state index is 0.192. The lowest BCUT2D eigenvalue weighted by atomic mass is 9.96. The fourth-order valence-electron chi connectivity index (χ4n) is 3.74. The molecule has 1 unspecified atom stereocenters. The quantitative estimate of drug-likeness (QED) is 0.793.